The van der Waals surface area contributed by atoms with Crippen LogP contribution in [-0.4, -0.2) is 7.11 Å². The number of halogens is 1. The number of fused-ring (bicyclic) bond motifs is 1. The molecule has 3 rings (SSSR count). The Balaban J connectivity index is 1.88. The Labute approximate surface area is 129 Å². The molecule has 0 aliphatic carbocycles. The van der Waals surface area contributed by atoms with Gasteiger partial charge in [-0.3, -0.25) is 0 Å². The standard InChI is InChI=1S/C17H18ClNO2/c1-20-10-11-3-2-4-12(7-11)17-9-15(19)14-8-13(18)5-6-16(14)21-17/h2-8,15,17H,9-10,19H2,1H3. The summed E-state index contributed by atoms with van der Waals surface area (Å²) in [6.07, 6.45) is 0.703. The summed E-state index contributed by atoms with van der Waals surface area (Å²) in [5, 5.41) is 0.688. The van der Waals surface area contributed by atoms with E-state index in [-0.39, 0.29) is 12.1 Å². The molecule has 21 heavy (non-hydrogen) atoms. The largest absolute Gasteiger partial charge is 0.485 e. The SMILES string of the molecule is COCc1cccc(C2CC(N)c3cc(Cl)ccc3O2)c1. The maximum atomic E-state index is 6.28. The summed E-state index contributed by atoms with van der Waals surface area (Å²) in [7, 11) is 1.69. The Bertz CT molecular complexity index is 644. The molecule has 0 saturated carbocycles. The van der Waals surface area contributed by atoms with Crippen molar-refractivity contribution in [3.05, 3.63) is 64.2 Å². The van der Waals surface area contributed by atoms with E-state index in [1.807, 2.05) is 30.3 Å². The van der Waals surface area contributed by atoms with Gasteiger partial charge in [-0.1, -0.05) is 29.8 Å². The van der Waals surface area contributed by atoms with Crippen LogP contribution < -0.4 is 10.5 Å². The molecule has 1 aliphatic heterocycles. The Morgan fingerprint density at radius 1 is 1.29 bits per heavy atom. The second kappa shape index (κ2) is 6.06. The maximum Gasteiger partial charge on any atom is 0.126 e. The lowest BCUT2D eigenvalue weighted by Crippen LogP contribution is -2.24. The lowest BCUT2D eigenvalue weighted by Gasteiger charge is -2.31. The smallest absolute Gasteiger partial charge is 0.126 e. The number of hydrogen-bond acceptors (Lipinski definition) is 3. The fraction of sp³-hybridized carbons (Fsp3) is 0.294. The van der Waals surface area contributed by atoms with E-state index >= 15 is 0 Å². The Morgan fingerprint density at radius 3 is 2.95 bits per heavy atom. The molecule has 4 heteroatoms. The highest BCUT2D eigenvalue weighted by atomic mass is 35.5. The molecule has 0 aromatic heterocycles. The summed E-state index contributed by atoms with van der Waals surface area (Å²) in [6.45, 7) is 0.596. The van der Waals surface area contributed by atoms with Gasteiger partial charge in [0.2, 0.25) is 0 Å². The number of benzene rings is 2. The quantitative estimate of drug-likeness (QED) is 0.931. The zero-order valence-corrected chi connectivity index (χ0v) is 12.6. The molecule has 1 heterocycles. The maximum absolute atomic E-state index is 6.28. The molecule has 0 spiro atoms. The fourth-order valence-electron chi connectivity index (χ4n) is 2.73. The first-order chi connectivity index (χ1) is 10.2. The third kappa shape index (κ3) is 3.05. The molecule has 0 bridgehead atoms. The number of ether oxygens (including phenoxy) is 2. The molecule has 110 valence electrons. The van der Waals surface area contributed by atoms with Crippen LogP contribution in [0.2, 0.25) is 5.02 Å². The summed E-state index contributed by atoms with van der Waals surface area (Å²) in [5.41, 5.74) is 9.51. The molecular formula is C17H18ClNO2. The summed E-state index contributed by atoms with van der Waals surface area (Å²) < 4.78 is 11.3. The predicted molar refractivity (Wildman–Crippen MR) is 83.5 cm³/mol. The average Bonchev–Trinajstić information content (AvgIpc) is 2.48. The van der Waals surface area contributed by atoms with Crippen LogP contribution in [0.15, 0.2) is 42.5 Å². The van der Waals surface area contributed by atoms with Crippen molar-refractivity contribution in [2.24, 2.45) is 5.73 Å². The molecule has 2 unspecified atom stereocenters. The number of methoxy groups -OCH3 is 1. The van der Waals surface area contributed by atoms with Gasteiger partial charge < -0.3 is 15.2 Å². The van der Waals surface area contributed by atoms with E-state index in [4.69, 9.17) is 26.8 Å². The van der Waals surface area contributed by atoms with Crippen LogP contribution in [0.5, 0.6) is 5.75 Å². The first kappa shape index (κ1) is 14.4. The molecule has 0 amide bonds. The lowest BCUT2D eigenvalue weighted by molar-refractivity contribution is 0.160. The zero-order chi connectivity index (χ0) is 14.8. The van der Waals surface area contributed by atoms with Crippen molar-refractivity contribution in [2.45, 2.75) is 25.2 Å². The van der Waals surface area contributed by atoms with Crippen molar-refractivity contribution >= 4 is 11.6 Å². The summed E-state index contributed by atoms with van der Waals surface area (Å²) in [4.78, 5) is 0. The number of nitrogens with two attached hydrogens (primary N) is 1. The highest BCUT2D eigenvalue weighted by molar-refractivity contribution is 6.30. The second-order valence-electron chi connectivity index (χ2n) is 5.31. The van der Waals surface area contributed by atoms with E-state index < -0.39 is 0 Å². The highest BCUT2D eigenvalue weighted by Crippen LogP contribution is 2.40. The molecule has 2 aromatic carbocycles. The third-order valence-electron chi connectivity index (χ3n) is 3.74. The summed E-state index contributed by atoms with van der Waals surface area (Å²) in [6, 6.07) is 13.8. The van der Waals surface area contributed by atoms with Crippen molar-refractivity contribution in [1.29, 1.82) is 0 Å². The molecule has 2 N–H and O–H groups in total. The average molecular weight is 304 g/mol. The van der Waals surface area contributed by atoms with Crippen LogP contribution in [0, 0.1) is 0 Å². The van der Waals surface area contributed by atoms with Crippen LogP contribution in [0.3, 0.4) is 0 Å². The first-order valence-electron chi connectivity index (χ1n) is 6.97. The minimum absolute atomic E-state index is 0.0366. The van der Waals surface area contributed by atoms with E-state index in [9.17, 15) is 0 Å². The monoisotopic (exact) mass is 303 g/mol. The van der Waals surface area contributed by atoms with Crippen LogP contribution in [0.1, 0.15) is 35.3 Å². The van der Waals surface area contributed by atoms with E-state index in [1.54, 1.807) is 7.11 Å². The topological polar surface area (TPSA) is 44.5 Å². The lowest BCUT2D eigenvalue weighted by atomic mass is 9.93. The number of hydrogen-bond donors (Lipinski definition) is 1. The van der Waals surface area contributed by atoms with Gasteiger partial charge in [-0.25, -0.2) is 0 Å². The number of rotatable bonds is 3. The minimum atomic E-state index is -0.0662. The zero-order valence-electron chi connectivity index (χ0n) is 11.9. The molecule has 2 aromatic rings. The van der Waals surface area contributed by atoms with Gasteiger partial charge in [0, 0.05) is 30.2 Å². The van der Waals surface area contributed by atoms with Crippen molar-refractivity contribution in [2.75, 3.05) is 7.11 Å². The molecule has 2 atom stereocenters. The normalized spacial score (nSPS) is 20.7. The Hall–Kier alpha value is -1.55. The minimum Gasteiger partial charge on any atom is -0.485 e. The third-order valence-corrected chi connectivity index (χ3v) is 3.98. The summed E-state index contributed by atoms with van der Waals surface area (Å²) >= 11 is 6.03. The van der Waals surface area contributed by atoms with Gasteiger partial charge in [-0.15, -0.1) is 0 Å². The van der Waals surface area contributed by atoms with Crippen LogP contribution in [0.25, 0.3) is 0 Å². The van der Waals surface area contributed by atoms with Crippen molar-refractivity contribution < 1.29 is 9.47 Å². The second-order valence-corrected chi connectivity index (χ2v) is 5.75. The van der Waals surface area contributed by atoms with Crippen molar-refractivity contribution in [3.63, 3.8) is 0 Å². The molecule has 0 saturated heterocycles. The van der Waals surface area contributed by atoms with Gasteiger partial charge in [0.25, 0.3) is 0 Å². The van der Waals surface area contributed by atoms with Gasteiger partial charge in [0.05, 0.1) is 6.61 Å². The predicted octanol–water partition coefficient (Wildman–Crippen LogP) is 4.01. The fourth-order valence-corrected chi connectivity index (χ4v) is 2.91. The molecule has 0 fully saturated rings. The first-order valence-corrected chi connectivity index (χ1v) is 7.34. The van der Waals surface area contributed by atoms with E-state index in [0.717, 1.165) is 28.9 Å². The highest BCUT2D eigenvalue weighted by Gasteiger charge is 2.27. The molecule has 3 nitrogen and oxygen atoms in total. The molecule has 0 radical (unpaired) electrons. The van der Waals surface area contributed by atoms with E-state index in [1.165, 1.54) is 0 Å². The Morgan fingerprint density at radius 2 is 2.14 bits per heavy atom. The van der Waals surface area contributed by atoms with Gasteiger partial charge in [0.1, 0.15) is 11.9 Å². The van der Waals surface area contributed by atoms with E-state index in [2.05, 4.69) is 12.1 Å². The van der Waals surface area contributed by atoms with Gasteiger partial charge in [-0.05, 0) is 35.4 Å². The molecular weight excluding hydrogens is 286 g/mol. The van der Waals surface area contributed by atoms with Gasteiger partial charge in [-0.2, -0.15) is 0 Å². The Kier molecular flexibility index (Phi) is 4.15. The summed E-state index contributed by atoms with van der Waals surface area (Å²) in [5.74, 6) is 0.820. The van der Waals surface area contributed by atoms with Crippen molar-refractivity contribution in [3.8, 4) is 5.75 Å². The van der Waals surface area contributed by atoms with Crippen molar-refractivity contribution in [1.82, 2.24) is 0 Å². The van der Waals surface area contributed by atoms with Crippen LogP contribution >= 0.6 is 11.6 Å². The van der Waals surface area contributed by atoms with Gasteiger partial charge >= 0.3 is 0 Å². The molecule has 1 aliphatic rings. The van der Waals surface area contributed by atoms with Crippen LogP contribution in [0.4, 0.5) is 0 Å². The van der Waals surface area contributed by atoms with Crippen LogP contribution in [-0.2, 0) is 11.3 Å². The van der Waals surface area contributed by atoms with Gasteiger partial charge in [0.15, 0.2) is 0 Å². The van der Waals surface area contributed by atoms with E-state index in [0.29, 0.717) is 11.6 Å².